The van der Waals surface area contributed by atoms with Crippen molar-refractivity contribution >= 4 is 17.9 Å². The number of rotatable bonds is 6. The quantitative estimate of drug-likeness (QED) is 0.725. The highest BCUT2D eigenvalue weighted by atomic mass is 16.5. The summed E-state index contributed by atoms with van der Waals surface area (Å²) in [5.74, 6) is 1.88. The van der Waals surface area contributed by atoms with Gasteiger partial charge in [-0.05, 0) is 32.1 Å². The van der Waals surface area contributed by atoms with E-state index < -0.39 is 0 Å². The van der Waals surface area contributed by atoms with Crippen LogP contribution in [0.25, 0.3) is 0 Å². The molecule has 27 heavy (non-hydrogen) atoms. The van der Waals surface area contributed by atoms with Crippen LogP contribution in [-0.4, -0.2) is 53.9 Å². The number of hydrogen-bond donors (Lipinski definition) is 1. The molecule has 7 heteroatoms. The molecule has 1 saturated heterocycles. The van der Waals surface area contributed by atoms with Crippen LogP contribution in [-0.2, 0) is 14.3 Å². The van der Waals surface area contributed by atoms with Crippen molar-refractivity contribution in [2.75, 3.05) is 26.2 Å². The van der Waals surface area contributed by atoms with Crippen molar-refractivity contribution in [3.63, 3.8) is 0 Å². The maximum absolute atomic E-state index is 12.2. The Morgan fingerprint density at radius 2 is 2.07 bits per heavy atom. The number of amides is 1. The number of hydrogen-bond acceptors (Lipinski definition) is 6. The number of nitrogens with zero attached hydrogens (tertiary/aromatic N) is 3. The molecule has 0 radical (unpaired) electrons. The summed E-state index contributed by atoms with van der Waals surface area (Å²) in [4.78, 5) is 32.5. The minimum absolute atomic E-state index is 0.0584. The second-order valence-corrected chi connectivity index (χ2v) is 7.29. The van der Waals surface area contributed by atoms with Crippen LogP contribution in [0.3, 0.4) is 0 Å². The molecule has 1 fully saturated rings. The van der Waals surface area contributed by atoms with Gasteiger partial charge in [-0.3, -0.25) is 9.59 Å². The van der Waals surface area contributed by atoms with Gasteiger partial charge in [-0.2, -0.15) is 0 Å². The molecule has 0 aromatic carbocycles. The fourth-order valence-electron chi connectivity index (χ4n) is 3.82. The van der Waals surface area contributed by atoms with Crippen molar-refractivity contribution in [1.29, 1.82) is 0 Å². The third-order valence-corrected chi connectivity index (χ3v) is 5.33. The molecule has 7 nitrogen and oxygen atoms in total. The Bertz CT molecular complexity index is 744. The maximum Gasteiger partial charge on any atom is 0.222 e. The molecule has 0 aromatic heterocycles. The zero-order valence-corrected chi connectivity index (χ0v) is 15.6. The van der Waals surface area contributed by atoms with E-state index in [0.717, 1.165) is 50.2 Å². The van der Waals surface area contributed by atoms with E-state index in [1.165, 1.54) is 6.42 Å². The molecule has 0 bridgehead atoms. The van der Waals surface area contributed by atoms with Crippen molar-refractivity contribution in [1.82, 2.24) is 15.1 Å². The lowest BCUT2D eigenvalue weighted by Gasteiger charge is -2.28. The fraction of sp³-hybridized carbons (Fsp3) is 0.550. The Morgan fingerprint density at radius 1 is 1.22 bits per heavy atom. The number of nitrogens with one attached hydrogen (secondary N) is 1. The predicted molar refractivity (Wildman–Crippen MR) is 101 cm³/mol. The molecule has 4 aliphatic heterocycles. The number of ether oxygens (including phenoxy) is 1. The Morgan fingerprint density at radius 3 is 2.93 bits per heavy atom. The second kappa shape index (κ2) is 7.98. The Labute approximate surface area is 159 Å². The summed E-state index contributed by atoms with van der Waals surface area (Å²) in [5.41, 5.74) is 1.52. The van der Waals surface area contributed by atoms with Crippen molar-refractivity contribution in [2.45, 2.75) is 44.9 Å². The number of piperidine rings is 1. The molecule has 0 aromatic rings. The van der Waals surface area contributed by atoms with Crippen molar-refractivity contribution < 1.29 is 14.3 Å². The molecule has 0 atom stereocenters. The molecule has 0 aliphatic carbocycles. The minimum Gasteiger partial charge on any atom is -0.496 e. The monoisotopic (exact) mass is 370 g/mol. The third-order valence-electron chi connectivity index (χ3n) is 5.33. The maximum atomic E-state index is 12.2. The highest BCUT2D eigenvalue weighted by Crippen LogP contribution is 2.31. The SMILES string of the molecule is O=C1CC=NC2=C1NC=C1C=C(OCCCCC(=O)N3CCCCC3)CN12. The number of ketones is 1. The first-order chi connectivity index (χ1) is 13.2. The molecular weight excluding hydrogens is 344 g/mol. The van der Waals surface area contributed by atoms with Crippen LogP contribution >= 0.6 is 0 Å². The van der Waals surface area contributed by atoms with Crippen LogP contribution in [0.4, 0.5) is 0 Å². The molecule has 0 unspecified atom stereocenters. The largest absolute Gasteiger partial charge is 0.496 e. The summed E-state index contributed by atoms with van der Waals surface area (Å²) in [5, 5.41) is 3.05. The van der Waals surface area contributed by atoms with E-state index in [-0.39, 0.29) is 11.7 Å². The zero-order chi connectivity index (χ0) is 18.6. The van der Waals surface area contributed by atoms with Crippen LogP contribution in [0, 0.1) is 0 Å². The molecule has 4 rings (SSSR count). The van der Waals surface area contributed by atoms with Crippen LogP contribution in [0.15, 0.2) is 40.2 Å². The summed E-state index contributed by atoms with van der Waals surface area (Å²) >= 11 is 0. The molecule has 0 spiro atoms. The summed E-state index contributed by atoms with van der Waals surface area (Å²) in [7, 11) is 0. The van der Waals surface area contributed by atoms with Gasteiger partial charge in [0.25, 0.3) is 0 Å². The van der Waals surface area contributed by atoms with Gasteiger partial charge in [-0.1, -0.05) is 0 Å². The summed E-state index contributed by atoms with van der Waals surface area (Å²) < 4.78 is 5.90. The highest BCUT2D eigenvalue weighted by Gasteiger charge is 2.31. The molecule has 1 N–H and O–H groups in total. The van der Waals surface area contributed by atoms with E-state index in [4.69, 9.17) is 4.74 Å². The van der Waals surface area contributed by atoms with Crippen LogP contribution in [0.5, 0.6) is 0 Å². The van der Waals surface area contributed by atoms with Crippen molar-refractivity contribution in [2.24, 2.45) is 4.99 Å². The normalized spacial score (nSPS) is 21.4. The average molecular weight is 370 g/mol. The fourth-order valence-corrected chi connectivity index (χ4v) is 3.82. The van der Waals surface area contributed by atoms with Gasteiger partial charge < -0.3 is 19.9 Å². The van der Waals surface area contributed by atoms with Gasteiger partial charge in [-0.25, -0.2) is 4.99 Å². The van der Waals surface area contributed by atoms with E-state index in [1.807, 2.05) is 22.1 Å². The van der Waals surface area contributed by atoms with E-state index in [1.54, 1.807) is 6.21 Å². The first-order valence-corrected chi connectivity index (χ1v) is 9.88. The van der Waals surface area contributed by atoms with Gasteiger partial charge in [0.15, 0.2) is 11.6 Å². The number of aliphatic imine (C=N–C) groups is 1. The summed E-state index contributed by atoms with van der Waals surface area (Å²) in [6.07, 6.45) is 11.6. The van der Waals surface area contributed by atoms with Crippen molar-refractivity contribution in [3.05, 3.63) is 35.3 Å². The van der Waals surface area contributed by atoms with Gasteiger partial charge in [0, 0.05) is 44.4 Å². The first kappa shape index (κ1) is 17.8. The smallest absolute Gasteiger partial charge is 0.222 e. The van der Waals surface area contributed by atoms with E-state index in [9.17, 15) is 9.59 Å². The zero-order valence-electron chi connectivity index (χ0n) is 15.6. The van der Waals surface area contributed by atoms with Gasteiger partial charge in [-0.15, -0.1) is 0 Å². The Balaban J connectivity index is 1.20. The van der Waals surface area contributed by atoms with Gasteiger partial charge in [0.1, 0.15) is 11.5 Å². The lowest BCUT2D eigenvalue weighted by molar-refractivity contribution is -0.132. The lowest BCUT2D eigenvalue weighted by Crippen LogP contribution is -2.35. The lowest BCUT2D eigenvalue weighted by atomic mass is 10.1. The van der Waals surface area contributed by atoms with E-state index >= 15 is 0 Å². The topological polar surface area (TPSA) is 74.2 Å². The van der Waals surface area contributed by atoms with Crippen LogP contribution in [0.1, 0.15) is 44.9 Å². The van der Waals surface area contributed by atoms with Crippen LogP contribution in [0.2, 0.25) is 0 Å². The standard InChI is InChI=1S/C20H26N4O3/c25-17-7-8-21-20-19(17)22-13-15-12-16(14-24(15)20)27-11-5-2-6-18(26)23-9-3-1-4-10-23/h8,12-13,22H,1-7,9-11,14H2. The number of allylic oxidation sites excluding steroid dienone is 2. The van der Waals surface area contributed by atoms with Gasteiger partial charge in [0.05, 0.1) is 18.8 Å². The highest BCUT2D eigenvalue weighted by molar-refractivity contribution is 6.05. The van der Waals surface area contributed by atoms with Gasteiger partial charge >= 0.3 is 0 Å². The number of fused-ring (bicyclic) bond motifs is 2. The molecule has 0 saturated carbocycles. The number of likely N-dealkylation sites (tertiary alicyclic amines) is 1. The number of carbonyl (C=O) groups is 2. The number of unbranched alkanes of at least 4 members (excludes halogenated alkanes) is 1. The number of Topliss-reactive ketones (excluding diaryl/α,β-unsaturated/α-hetero) is 1. The second-order valence-electron chi connectivity index (χ2n) is 7.29. The average Bonchev–Trinajstić information content (AvgIpc) is 3.12. The Kier molecular flexibility index (Phi) is 5.27. The molecule has 144 valence electrons. The van der Waals surface area contributed by atoms with E-state index in [0.29, 0.717) is 37.5 Å². The molecule has 1 amide bonds. The number of carbonyl (C=O) groups excluding carboxylic acids is 2. The van der Waals surface area contributed by atoms with E-state index in [2.05, 4.69) is 10.3 Å². The van der Waals surface area contributed by atoms with Gasteiger partial charge in [0.2, 0.25) is 5.91 Å². The van der Waals surface area contributed by atoms with Crippen LogP contribution < -0.4 is 5.32 Å². The first-order valence-electron chi connectivity index (χ1n) is 9.88. The molecular formula is C20H26N4O3. The Hall–Kier alpha value is -2.57. The summed E-state index contributed by atoms with van der Waals surface area (Å²) in [6, 6.07) is 0. The summed E-state index contributed by atoms with van der Waals surface area (Å²) in [6.45, 7) is 3.03. The molecule has 4 aliphatic rings. The predicted octanol–water partition coefficient (Wildman–Crippen LogP) is 2.04. The van der Waals surface area contributed by atoms with Crippen molar-refractivity contribution in [3.8, 4) is 0 Å². The molecule has 4 heterocycles. The third kappa shape index (κ3) is 3.91. The minimum atomic E-state index is 0.0584.